The molecule has 0 saturated carbocycles. The maximum Gasteiger partial charge on any atom is 0.255 e. The predicted octanol–water partition coefficient (Wildman–Crippen LogP) is 3.15. The summed E-state index contributed by atoms with van der Waals surface area (Å²) in [6.07, 6.45) is 3.06. The van der Waals surface area contributed by atoms with Crippen LogP contribution in [0.5, 0.6) is 0 Å². The van der Waals surface area contributed by atoms with Gasteiger partial charge in [-0.2, -0.15) is 0 Å². The predicted molar refractivity (Wildman–Crippen MR) is 71.4 cm³/mol. The summed E-state index contributed by atoms with van der Waals surface area (Å²) in [5.74, 6) is -0.647. The molecule has 1 aromatic heterocycles. The molecule has 5 heteroatoms. The highest BCUT2D eigenvalue weighted by Crippen LogP contribution is 2.20. The maximum atomic E-state index is 13.6. The fourth-order valence-electron chi connectivity index (χ4n) is 1.70. The van der Waals surface area contributed by atoms with Gasteiger partial charge in [-0.3, -0.25) is 9.78 Å². The van der Waals surface area contributed by atoms with Gasteiger partial charge in [-0.25, -0.2) is 4.39 Å². The number of aromatic nitrogens is 1. The highest BCUT2D eigenvalue weighted by Gasteiger charge is 2.15. The molecule has 0 radical (unpaired) electrons. The lowest BCUT2D eigenvalue weighted by atomic mass is 10.2. The van der Waals surface area contributed by atoms with Crippen LogP contribution in [-0.2, 0) is 6.54 Å². The number of pyridine rings is 1. The van der Waals surface area contributed by atoms with Gasteiger partial charge in [-0.05, 0) is 24.3 Å². The van der Waals surface area contributed by atoms with E-state index in [1.54, 1.807) is 31.4 Å². The van der Waals surface area contributed by atoms with Crippen LogP contribution in [-0.4, -0.2) is 22.8 Å². The lowest BCUT2D eigenvalue weighted by molar-refractivity contribution is 0.0783. The van der Waals surface area contributed by atoms with Crippen molar-refractivity contribution in [3.8, 4) is 0 Å². The van der Waals surface area contributed by atoms with Crippen LogP contribution in [0, 0.1) is 5.82 Å². The van der Waals surface area contributed by atoms with Crippen molar-refractivity contribution < 1.29 is 9.18 Å². The van der Waals surface area contributed by atoms with Crippen LogP contribution < -0.4 is 0 Å². The average molecular weight is 279 g/mol. The standard InChI is InChI=1S/C14H12ClFN2O/c1-18(14(19)10-4-3-7-17-8-10)9-11-12(15)5-2-6-13(11)16/h2-8H,9H2,1H3. The molecule has 0 aliphatic rings. The Morgan fingerprint density at radius 2 is 2.16 bits per heavy atom. The first-order valence-corrected chi connectivity index (χ1v) is 6.06. The normalized spacial score (nSPS) is 10.3. The zero-order chi connectivity index (χ0) is 13.8. The van der Waals surface area contributed by atoms with E-state index in [4.69, 9.17) is 11.6 Å². The molecule has 0 aliphatic heterocycles. The second kappa shape index (κ2) is 5.80. The number of amides is 1. The summed E-state index contributed by atoms with van der Waals surface area (Å²) in [5, 5.41) is 0.311. The maximum absolute atomic E-state index is 13.6. The molecule has 1 heterocycles. The molecule has 0 saturated heterocycles. The number of hydrogen-bond acceptors (Lipinski definition) is 2. The van der Waals surface area contributed by atoms with E-state index >= 15 is 0 Å². The Balaban J connectivity index is 2.18. The Morgan fingerprint density at radius 1 is 1.37 bits per heavy atom. The number of nitrogens with zero attached hydrogens (tertiary/aromatic N) is 2. The topological polar surface area (TPSA) is 33.2 Å². The quantitative estimate of drug-likeness (QED) is 0.864. The molecule has 0 atom stereocenters. The Morgan fingerprint density at radius 3 is 2.79 bits per heavy atom. The Labute approximate surface area is 115 Å². The number of carbonyl (C=O) groups is 1. The van der Waals surface area contributed by atoms with Crippen molar-refractivity contribution in [1.82, 2.24) is 9.88 Å². The summed E-state index contributed by atoms with van der Waals surface area (Å²) in [5.41, 5.74) is 0.765. The zero-order valence-electron chi connectivity index (χ0n) is 10.3. The van der Waals surface area contributed by atoms with Crippen LogP contribution in [0.15, 0.2) is 42.7 Å². The van der Waals surface area contributed by atoms with Gasteiger partial charge in [0.15, 0.2) is 0 Å². The van der Waals surface area contributed by atoms with Crippen LogP contribution in [0.2, 0.25) is 5.02 Å². The highest BCUT2D eigenvalue weighted by molar-refractivity contribution is 6.31. The molecular formula is C14H12ClFN2O. The van der Waals surface area contributed by atoms with Crippen molar-refractivity contribution in [2.45, 2.75) is 6.54 Å². The first kappa shape index (κ1) is 13.5. The van der Waals surface area contributed by atoms with Gasteiger partial charge in [-0.15, -0.1) is 0 Å². The number of carbonyl (C=O) groups excluding carboxylic acids is 1. The number of halogens is 2. The first-order valence-electron chi connectivity index (χ1n) is 5.68. The summed E-state index contributed by atoms with van der Waals surface area (Å²) in [6, 6.07) is 7.79. The van der Waals surface area contributed by atoms with Crippen molar-refractivity contribution in [2.75, 3.05) is 7.05 Å². The van der Waals surface area contributed by atoms with E-state index in [9.17, 15) is 9.18 Å². The van der Waals surface area contributed by atoms with Crippen molar-refractivity contribution >= 4 is 17.5 Å². The van der Waals surface area contributed by atoms with E-state index in [0.717, 1.165) is 0 Å². The molecule has 1 amide bonds. The van der Waals surface area contributed by atoms with E-state index in [1.165, 1.54) is 23.2 Å². The second-order valence-corrected chi connectivity index (χ2v) is 4.51. The van der Waals surface area contributed by atoms with Crippen molar-refractivity contribution in [2.24, 2.45) is 0 Å². The molecule has 1 aromatic carbocycles. The minimum absolute atomic E-state index is 0.110. The van der Waals surface area contributed by atoms with Gasteiger partial charge < -0.3 is 4.90 Å². The van der Waals surface area contributed by atoms with E-state index in [1.807, 2.05) is 0 Å². The van der Waals surface area contributed by atoms with Gasteiger partial charge in [-0.1, -0.05) is 17.7 Å². The summed E-state index contributed by atoms with van der Waals surface area (Å²) in [4.78, 5) is 17.4. The molecular weight excluding hydrogens is 267 g/mol. The van der Waals surface area contributed by atoms with Crippen molar-refractivity contribution in [3.63, 3.8) is 0 Å². The Hall–Kier alpha value is -1.94. The van der Waals surface area contributed by atoms with Gasteiger partial charge in [0.25, 0.3) is 5.91 Å². The lowest BCUT2D eigenvalue weighted by Gasteiger charge is -2.18. The van der Waals surface area contributed by atoms with Crippen LogP contribution in [0.1, 0.15) is 15.9 Å². The number of rotatable bonds is 3. The fraction of sp³-hybridized carbons (Fsp3) is 0.143. The monoisotopic (exact) mass is 278 g/mol. The highest BCUT2D eigenvalue weighted by atomic mass is 35.5. The molecule has 2 aromatic rings. The van der Waals surface area contributed by atoms with Crippen LogP contribution in [0.25, 0.3) is 0 Å². The molecule has 0 unspecified atom stereocenters. The third-order valence-electron chi connectivity index (χ3n) is 2.71. The summed E-state index contributed by atoms with van der Waals surface area (Å²) in [7, 11) is 1.60. The second-order valence-electron chi connectivity index (χ2n) is 4.10. The summed E-state index contributed by atoms with van der Waals surface area (Å²) >= 11 is 5.93. The number of benzene rings is 1. The molecule has 2 rings (SSSR count). The molecule has 0 N–H and O–H groups in total. The molecule has 19 heavy (non-hydrogen) atoms. The molecule has 0 spiro atoms. The largest absolute Gasteiger partial charge is 0.337 e. The molecule has 98 valence electrons. The lowest BCUT2D eigenvalue weighted by Crippen LogP contribution is -2.26. The smallest absolute Gasteiger partial charge is 0.255 e. The minimum atomic E-state index is -0.418. The van der Waals surface area contributed by atoms with Crippen molar-refractivity contribution in [1.29, 1.82) is 0 Å². The summed E-state index contributed by atoms with van der Waals surface area (Å²) in [6.45, 7) is 0.110. The molecule has 3 nitrogen and oxygen atoms in total. The van der Waals surface area contributed by atoms with Crippen LogP contribution >= 0.6 is 11.6 Å². The Bertz CT molecular complexity index is 569. The third-order valence-corrected chi connectivity index (χ3v) is 3.07. The van der Waals surface area contributed by atoms with Gasteiger partial charge >= 0.3 is 0 Å². The van der Waals surface area contributed by atoms with Gasteiger partial charge in [0.1, 0.15) is 5.82 Å². The molecule has 0 aliphatic carbocycles. The van der Waals surface area contributed by atoms with E-state index in [0.29, 0.717) is 16.1 Å². The summed E-state index contributed by atoms with van der Waals surface area (Å²) < 4.78 is 13.6. The van der Waals surface area contributed by atoms with Crippen molar-refractivity contribution in [3.05, 3.63) is 64.7 Å². The number of hydrogen-bond donors (Lipinski definition) is 0. The van der Waals surface area contributed by atoms with Gasteiger partial charge in [0, 0.05) is 36.6 Å². The first-order chi connectivity index (χ1) is 9.09. The fourth-order valence-corrected chi connectivity index (χ4v) is 1.92. The van der Waals surface area contributed by atoms with E-state index < -0.39 is 5.82 Å². The van der Waals surface area contributed by atoms with E-state index in [-0.39, 0.29) is 12.5 Å². The third kappa shape index (κ3) is 3.09. The average Bonchev–Trinajstić information content (AvgIpc) is 2.43. The molecule has 0 bridgehead atoms. The zero-order valence-corrected chi connectivity index (χ0v) is 11.1. The van der Waals surface area contributed by atoms with E-state index in [2.05, 4.69) is 4.98 Å². The van der Waals surface area contributed by atoms with Crippen LogP contribution in [0.4, 0.5) is 4.39 Å². The Kier molecular flexibility index (Phi) is 4.12. The van der Waals surface area contributed by atoms with Gasteiger partial charge in [0.2, 0.25) is 0 Å². The SMILES string of the molecule is CN(Cc1c(F)cccc1Cl)C(=O)c1cccnc1. The van der Waals surface area contributed by atoms with Gasteiger partial charge in [0.05, 0.1) is 5.56 Å². The minimum Gasteiger partial charge on any atom is -0.337 e. The van der Waals surface area contributed by atoms with Crippen LogP contribution in [0.3, 0.4) is 0 Å². The molecule has 0 fully saturated rings.